The van der Waals surface area contributed by atoms with Gasteiger partial charge in [-0.3, -0.25) is 4.79 Å². The van der Waals surface area contributed by atoms with Gasteiger partial charge in [0.1, 0.15) is 0 Å². The van der Waals surface area contributed by atoms with E-state index in [0.29, 0.717) is 0 Å². The number of methoxy groups -OCH3 is 1. The molecule has 0 aliphatic heterocycles. The van der Waals surface area contributed by atoms with E-state index < -0.39 is 0 Å². The van der Waals surface area contributed by atoms with Crippen LogP contribution in [0, 0.1) is 23.7 Å². The largest absolute Gasteiger partial charge is 0.469 e. The second-order valence-electron chi connectivity index (χ2n) is 6.70. The Balaban J connectivity index is 1.72. The second kappa shape index (κ2) is 7.31. The van der Waals surface area contributed by atoms with Crippen molar-refractivity contribution in [3.8, 4) is 0 Å². The minimum atomic E-state index is 0.0186. The van der Waals surface area contributed by atoms with Crippen molar-refractivity contribution >= 4 is 5.97 Å². The first-order chi connectivity index (χ1) is 9.24. The highest BCUT2D eigenvalue weighted by atomic mass is 16.5. The molecule has 110 valence electrons. The summed E-state index contributed by atoms with van der Waals surface area (Å²) in [6.45, 7) is 2.31. The van der Waals surface area contributed by atoms with Gasteiger partial charge in [0.15, 0.2) is 0 Å². The summed E-state index contributed by atoms with van der Waals surface area (Å²) in [6, 6.07) is 0. The number of esters is 1. The molecule has 2 aliphatic carbocycles. The van der Waals surface area contributed by atoms with E-state index >= 15 is 0 Å². The lowest BCUT2D eigenvalue weighted by Crippen LogP contribution is -2.28. The predicted octanol–water partition coefficient (Wildman–Crippen LogP) is 4.57. The summed E-state index contributed by atoms with van der Waals surface area (Å²) in [5.74, 6) is 3.06. The van der Waals surface area contributed by atoms with E-state index in [9.17, 15) is 4.79 Å². The van der Waals surface area contributed by atoms with E-state index in [4.69, 9.17) is 4.74 Å². The lowest BCUT2D eigenvalue weighted by molar-refractivity contribution is -0.147. The fraction of sp³-hybridized carbons (Fsp3) is 0.941. The lowest BCUT2D eigenvalue weighted by atomic mass is 9.69. The van der Waals surface area contributed by atoms with Crippen LogP contribution in [0.5, 0.6) is 0 Å². The van der Waals surface area contributed by atoms with E-state index in [-0.39, 0.29) is 11.9 Å². The summed E-state index contributed by atoms with van der Waals surface area (Å²) < 4.78 is 4.87. The van der Waals surface area contributed by atoms with Crippen molar-refractivity contribution in [2.24, 2.45) is 23.7 Å². The van der Waals surface area contributed by atoms with Gasteiger partial charge in [-0.05, 0) is 56.3 Å². The fourth-order valence-corrected chi connectivity index (χ4v) is 4.35. The van der Waals surface area contributed by atoms with Gasteiger partial charge in [-0.15, -0.1) is 0 Å². The van der Waals surface area contributed by atoms with Gasteiger partial charge in [0.2, 0.25) is 0 Å². The van der Waals surface area contributed by atoms with Gasteiger partial charge in [0, 0.05) is 0 Å². The molecule has 0 atom stereocenters. The Morgan fingerprint density at radius 1 is 0.947 bits per heavy atom. The first-order valence-electron chi connectivity index (χ1n) is 8.32. The summed E-state index contributed by atoms with van der Waals surface area (Å²) in [7, 11) is 1.52. The summed E-state index contributed by atoms with van der Waals surface area (Å²) in [4.78, 5) is 11.5. The molecule has 0 aromatic rings. The van der Waals surface area contributed by atoms with Gasteiger partial charge < -0.3 is 4.74 Å². The Morgan fingerprint density at radius 2 is 1.47 bits per heavy atom. The minimum absolute atomic E-state index is 0.0186. The Kier molecular flexibility index (Phi) is 5.72. The number of ether oxygens (including phenoxy) is 1. The maximum absolute atomic E-state index is 11.5. The highest BCUT2D eigenvalue weighted by molar-refractivity contribution is 5.72. The van der Waals surface area contributed by atoms with Crippen LogP contribution in [0.15, 0.2) is 0 Å². The molecule has 19 heavy (non-hydrogen) atoms. The number of hydrogen-bond donors (Lipinski definition) is 0. The Labute approximate surface area is 118 Å². The van der Waals surface area contributed by atoms with Gasteiger partial charge in [-0.1, -0.05) is 32.6 Å². The third kappa shape index (κ3) is 3.97. The molecule has 0 aromatic heterocycles. The predicted molar refractivity (Wildman–Crippen MR) is 77.8 cm³/mol. The summed E-state index contributed by atoms with van der Waals surface area (Å²) in [5.41, 5.74) is 0. The zero-order valence-corrected chi connectivity index (χ0v) is 12.7. The molecule has 2 aliphatic rings. The first-order valence-corrected chi connectivity index (χ1v) is 8.32. The van der Waals surface area contributed by atoms with Crippen molar-refractivity contribution in [1.29, 1.82) is 0 Å². The average molecular weight is 266 g/mol. The molecule has 0 N–H and O–H groups in total. The molecule has 0 radical (unpaired) electrons. The number of hydrogen-bond acceptors (Lipinski definition) is 2. The molecule has 0 amide bonds. The minimum Gasteiger partial charge on any atom is -0.469 e. The van der Waals surface area contributed by atoms with Crippen LogP contribution in [0.2, 0.25) is 0 Å². The lowest BCUT2D eigenvalue weighted by Gasteiger charge is -2.37. The van der Waals surface area contributed by atoms with Crippen LogP contribution in [-0.2, 0) is 9.53 Å². The Hall–Kier alpha value is -0.530. The van der Waals surface area contributed by atoms with Crippen molar-refractivity contribution in [1.82, 2.24) is 0 Å². The third-order valence-electron chi connectivity index (χ3n) is 5.56. The Morgan fingerprint density at radius 3 is 1.95 bits per heavy atom. The molecule has 0 saturated heterocycles. The van der Waals surface area contributed by atoms with Crippen molar-refractivity contribution in [2.45, 2.75) is 71.1 Å². The van der Waals surface area contributed by atoms with Crippen LogP contribution < -0.4 is 0 Å². The van der Waals surface area contributed by atoms with Gasteiger partial charge >= 0.3 is 5.97 Å². The molecule has 0 heterocycles. The topological polar surface area (TPSA) is 26.3 Å². The van der Waals surface area contributed by atoms with Gasteiger partial charge in [-0.25, -0.2) is 0 Å². The number of rotatable bonds is 4. The highest BCUT2D eigenvalue weighted by Crippen LogP contribution is 2.42. The van der Waals surface area contributed by atoms with Gasteiger partial charge in [0.05, 0.1) is 13.0 Å². The van der Waals surface area contributed by atoms with Crippen molar-refractivity contribution < 1.29 is 9.53 Å². The molecular weight excluding hydrogens is 236 g/mol. The SMILES string of the molecule is CCCC1CCC(C2CCC(C(=O)OC)CC2)CC1. The van der Waals surface area contributed by atoms with E-state index in [1.54, 1.807) is 0 Å². The molecule has 2 nitrogen and oxygen atoms in total. The number of carbonyl (C=O) groups is 1. The molecule has 2 heteroatoms. The zero-order chi connectivity index (χ0) is 13.7. The van der Waals surface area contributed by atoms with Crippen molar-refractivity contribution in [3.05, 3.63) is 0 Å². The molecule has 0 spiro atoms. The van der Waals surface area contributed by atoms with Crippen molar-refractivity contribution in [3.63, 3.8) is 0 Å². The maximum Gasteiger partial charge on any atom is 0.308 e. The molecule has 0 aromatic carbocycles. The van der Waals surface area contributed by atoms with Crippen LogP contribution in [0.25, 0.3) is 0 Å². The smallest absolute Gasteiger partial charge is 0.308 e. The molecular formula is C17H30O2. The molecule has 2 rings (SSSR count). The molecule has 2 fully saturated rings. The van der Waals surface area contributed by atoms with E-state index in [0.717, 1.165) is 30.6 Å². The normalized spacial score (nSPS) is 35.9. The summed E-state index contributed by atoms with van der Waals surface area (Å²) in [5, 5.41) is 0. The van der Waals surface area contributed by atoms with Gasteiger partial charge in [0.25, 0.3) is 0 Å². The fourth-order valence-electron chi connectivity index (χ4n) is 4.35. The zero-order valence-electron chi connectivity index (χ0n) is 12.7. The molecule has 0 unspecified atom stereocenters. The highest BCUT2D eigenvalue weighted by Gasteiger charge is 2.32. The van der Waals surface area contributed by atoms with Crippen molar-refractivity contribution in [2.75, 3.05) is 7.11 Å². The van der Waals surface area contributed by atoms with E-state index in [1.165, 1.54) is 58.5 Å². The third-order valence-corrected chi connectivity index (χ3v) is 5.56. The standard InChI is InChI=1S/C17H30O2/c1-3-4-13-5-7-14(8-6-13)15-9-11-16(12-10-15)17(18)19-2/h13-16H,3-12H2,1-2H3. The van der Waals surface area contributed by atoms with Crippen LogP contribution in [0.1, 0.15) is 71.1 Å². The second-order valence-corrected chi connectivity index (χ2v) is 6.70. The quantitative estimate of drug-likeness (QED) is 0.697. The monoisotopic (exact) mass is 266 g/mol. The maximum atomic E-state index is 11.5. The average Bonchev–Trinajstić information content (AvgIpc) is 2.48. The van der Waals surface area contributed by atoms with Crippen LogP contribution in [0.3, 0.4) is 0 Å². The Bertz CT molecular complexity index is 271. The van der Waals surface area contributed by atoms with Gasteiger partial charge in [-0.2, -0.15) is 0 Å². The summed E-state index contributed by atoms with van der Waals surface area (Å²) >= 11 is 0. The number of carbonyl (C=O) groups excluding carboxylic acids is 1. The summed E-state index contributed by atoms with van der Waals surface area (Å²) in [6.07, 6.45) is 13.2. The molecule has 0 bridgehead atoms. The van der Waals surface area contributed by atoms with Crippen LogP contribution in [-0.4, -0.2) is 13.1 Å². The van der Waals surface area contributed by atoms with Crippen LogP contribution in [0.4, 0.5) is 0 Å². The molecule has 2 saturated carbocycles. The first kappa shape index (κ1) is 14.9. The van der Waals surface area contributed by atoms with Crippen LogP contribution >= 0.6 is 0 Å². The van der Waals surface area contributed by atoms with E-state index in [2.05, 4.69) is 6.92 Å². The van der Waals surface area contributed by atoms with E-state index in [1.807, 2.05) is 0 Å².